The van der Waals surface area contributed by atoms with Crippen LogP contribution in [-0.2, 0) is 0 Å². The monoisotopic (exact) mass is 689 g/mol. The van der Waals surface area contributed by atoms with E-state index >= 15 is 0 Å². The smallest absolute Gasteiger partial charge is 0.164 e. The van der Waals surface area contributed by atoms with Crippen LogP contribution in [0.1, 0.15) is 33.4 Å². The van der Waals surface area contributed by atoms with Gasteiger partial charge >= 0.3 is 0 Å². The van der Waals surface area contributed by atoms with E-state index < -0.39 is 0 Å². The largest absolute Gasteiger partial charge is 0.324 e. The van der Waals surface area contributed by atoms with Gasteiger partial charge in [-0.25, -0.2) is 19.9 Å². The van der Waals surface area contributed by atoms with E-state index in [1.807, 2.05) is 91.0 Å². The molecule has 9 aromatic rings. The molecule has 0 amide bonds. The molecule has 0 spiro atoms. The van der Waals surface area contributed by atoms with Gasteiger partial charge in [-0.15, -0.1) is 0 Å². The van der Waals surface area contributed by atoms with Crippen molar-refractivity contribution >= 4 is 44.1 Å². The van der Waals surface area contributed by atoms with Gasteiger partial charge in [0.15, 0.2) is 11.6 Å². The number of hydrogen-bond acceptors (Lipinski definition) is 7. The topological polar surface area (TPSA) is 122 Å². The van der Waals surface area contributed by atoms with Crippen LogP contribution in [0.2, 0.25) is 0 Å². The molecule has 54 heavy (non-hydrogen) atoms. The lowest BCUT2D eigenvalue weighted by Gasteiger charge is -2.00. The number of pyridine rings is 3. The minimum Gasteiger partial charge on any atom is -0.324 e. The first-order valence-corrected chi connectivity index (χ1v) is 17.0. The molecule has 3 aromatic carbocycles. The van der Waals surface area contributed by atoms with Crippen molar-refractivity contribution < 1.29 is 0 Å². The lowest BCUT2D eigenvalue weighted by Crippen LogP contribution is -1.84. The normalized spacial score (nSPS) is 10.9. The Morgan fingerprint density at radius 3 is 1.30 bits per heavy atom. The fraction of sp³-hybridized carbons (Fsp3) is 0. The molecule has 0 radical (unpaired) electrons. The number of rotatable bonds is 0. The summed E-state index contributed by atoms with van der Waals surface area (Å²) < 4.78 is 0. The van der Waals surface area contributed by atoms with Gasteiger partial charge in [0.05, 0.1) is 0 Å². The zero-order valence-electron chi connectivity index (χ0n) is 28.3. The summed E-state index contributed by atoms with van der Waals surface area (Å²) in [6.45, 7) is 0. The van der Waals surface area contributed by atoms with Crippen molar-refractivity contribution in [3.63, 3.8) is 0 Å². The average molecular weight is 690 g/mol. The fourth-order valence-electron chi connectivity index (χ4n) is 6.36. The second-order valence-corrected chi connectivity index (χ2v) is 12.5. The van der Waals surface area contributed by atoms with Crippen molar-refractivity contribution in [3.8, 4) is 58.3 Å². The summed E-state index contributed by atoms with van der Waals surface area (Å²) in [6, 6.07) is 29.5. The van der Waals surface area contributed by atoms with Crippen LogP contribution in [0, 0.1) is 35.5 Å². The maximum absolute atomic E-state index is 5.16. The van der Waals surface area contributed by atoms with E-state index in [1.54, 1.807) is 37.2 Å². The maximum Gasteiger partial charge on any atom is 0.164 e. The van der Waals surface area contributed by atoms with Crippen molar-refractivity contribution in [2.24, 2.45) is 0 Å². The zero-order valence-corrected chi connectivity index (χ0v) is 28.3. The van der Waals surface area contributed by atoms with Gasteiger partial charge in [0.25, 0.3) is 0 Å². The first-order chi connectivity index (χ1) is 26.7. The van der Waals surface area contributed by atoms with Gasteiger partial charge in [0, 0.05) is 103 Å². The van der Waals surface area contributed by atoms with Crippen molar-refractivity contribution in [1.29, 1.82) is 0 Å². The summed E-state index contributed by atoms with van der Waals surface area (Å²) >= 11 is 0. The van der Waals surface area contributed by atoms with Crippen LogP contribution in [-0.4, -0.2) is 44.9 Å². The Balaban J connectivity index is 1.22. The SMILES string of the molecule is C(#Cc1ccc2c(c1)-c1nc-2nc2[nH]c(nc3[nH]c(n1)c1ccc(C#Cc4cccnc4)cc31)c1ccc(C#Cc3cccnc3)cc21)c1cccnc1. The van der Waals surface area contributed by atoms with E-state index in [0.29, 0.717) is 34.2 Å². The minimum atomic E-state index is 0.517. The third-order valence-electron chi connectivity index (χ3n) is 8.94. The van der Waals surface area contributed by atoms with E-state index in [9.17, 15) is 0 Å². The number of H-pyrrole nitrogens is 2. The minimum absolute atomic E-state index is 0.517. The Bertz CT molecular complexity index is 3220. The quantitative estimate of drug-likeness (QED) is 0.157. The summed E-state index contributed by atoms with van der Waals surface area (Å²) in [6.07, 6.45) is 10.4. The number of aromatic nitrogens is 9. The number of fused-ring (bicyclic) bond motifs is 15. The molecule has 0 aliphatic carbocycles. The summed E-state index contributed by atoms with van der Waals surface area (Å²) in [7, 11) is 0. The number of nitrogens with zero attached hydrogens (tertiary/aromatic N) is 7. The second-order valence-electron chi connectivity index (χ2n) is 12.5. The molecule has 1 aliphatic rings. The van der Waals surface area contributed by atoms with Gasteiger partial charge in [-0.2, -0.15) is 0 Å². The molecule has 6 bridgehead atoms. The van der Waals surface area contributed by atoms with E-state index in [0.717, 1.165) is 66.1 Å². The van der Waals surface area contributed by atoms with Crippen LogP contribution in [0.5, 0.6) is 0 Å². The fourth-order valence-corrected chi connectivity index (χ4v) is 6.36. The molecule has 6 aromatic heterocycles. The lowest BCUT2D eigenvalue weighted by molar-refractivity contribution is 1.20. The van der Waals surface area contributed by atoms with Crippen molar-refractivity contribution in [2.75, 3.05) is 0 Å². The molecular weight excluding hydrogens is 667 g/mol. The number of nitrogens with one attached hydrogen (secondary N) is 2. The maximum atomic E-state index is 5.16. The summed E-state index contributed by atoms with van der Waals surface area (Å²) in [4.78, 5) is 40.0. The van der Waals surface area contributed by atoms with E-state index in [2.05, 4.69) is 60.4 Å². The zero-order chi connectivity index (χ0) is 35.8. The van der Waals surface area contributed by atoms with Crippen LogP contribution >= 0.6 is 0 Å². The molecule has 1 aliphatic heterocycles. The highest BCUT2D eigenvalue weighted by Crippen LogP contribution is 2.36. The summed E-state index contributed by atoms with van der Waals surface area (Å²) in [5, 5.41) is 3.49. The van der Waals surface area contributed by atoms with Gasteiger partial charge in [0.2, 0.25) is 0 Å². The van der Waals surface area contributed by atoms with Gasteiger partial charge in [-0.3, -0.25) is 15.0 Å². The van der Waals surface area contributed by atoms with Gasteiger partial charge in [-0.05, 0) is 91.0 Å². The van der Waals surface area contributed by atoms with Crippen molar-refractivity contribution in [3.05, 3.63) is 162 Å². The molecule has 0 saturated carbocycles. The van der Waals surface area contributed by atoms with Crippen molar-refractivity contribution in [2.45, 2.75) is 0 Å². The average Bonchev–Trinajstić information content (AvgIpc) is 3.86. The van der Waals surface area contributed by atoms with E-state index in [1.165, 1.54) is 0 Å². The molecule has 9 heteroatoms. The summed E-state index contributed by atoms with van der Waals surface area (Å²) in [5.41, 5.74) is 9.14. The summed E-state index contributed by atoms with van der Waals surface area (Å²) in [5.74, 6) is 20.5. The molecule has 7 heterocycles. The Morgan fingerprint density at radius 1 is 0.352 bits per heavy atom. The first-order valence-electron chi connectivity index (χ1n) is 17.0. The predicted molar refractivity (Wildman–Crippen MR) is 209 cm³/mol. The molecule has 0 atom stereocenters. The molecule has 9 nitrogen and oxygen atoms in total. The van der Waals surface area contributed by atoms with Gasteiger partial charge in [0.1, 0.15) is 22.6 Å². The highest BCUT2D eigenvalue weighted by Gasteiger charge is 2.21. The molecule has 0 fully saturated rings. The molecule has 0 unspecified atom stereocenters. The van der Waals surface area contributed by atoms with E-state index in [4.69, 9.17) is 19.9 Å². The van der Waals surface area contributed by atoms with Gasteiger partial charge < -0.3 is 9.97 Å². The molecule has 248 valence electrons. The van der Waals surface area contributed by atoms with Crippen LogP contribution in [0.25, 0.3) is 66.9 Å². The highest BCUT2D eigenvalue weighted by atomic mass is 15.0. The van der Waals surface area contributed by atoms with Crippen LogP contribution in [0.3, 0.4) is 0 Å². The Hall–Kier alpha value is -8.19. The third-order valence-corrected chi connectivity index (χ3v) is 8.94. The number of aromatic amines is 2. The predicted octanol–water partition coefficient (Wildman–Crippen LogP) is 7.69. The number of hydrogen-bond donors (Lipinski definition) is 2. The third kappa shape index (κ3) is 5.78. The standard InChI is InChI=1S/C45H23N9/c1-4-31(25-46-19-1)10-7-28-13-16-34-37(22-28)43-49-40(34)53-44-39-24-30(9-12-33-6-3-21-48-27-33)15-18-36(39)42(51-44)54-45-38-23-29(8-11-32-5-2-20-47-26-32)14-17-35(38)41(50-45)52-43/h1-6,13-27H,(H2,49,50,51,52,53,54). The van der Waals surface area contributed by atoms with Crippen molar-refractivity contribution in [1.82, 2.24) is 44.9 Å². The van der Waals surface area contributed by atoms with Crippen LogP contribution < -0.4 is 0 Å². The van der Waals surface area contributed by atoms with Crippen LogP contribution in [0.4, 0.5) is 0 Å². The molecule has 2 N–H and O–H groups in total. The molecule has 10 rings (SSSR count). The second kappa shape index (κ2) is 12.9. The molecular formula is C45H23N9. The van der Waals surface area contributed by atoms with Gasteiger partial charge in [-0.1, -0.05) is 35.5 Å². The Labute approximate surface area is 308 Å². The number of benzene rings is 3. The molecule has 0 saturated heterocycles. The van der Waals surface area contributed by atoms with E-state index in [-0.39, 0.29) is 0 Å². The Morgan fingerprint density at radius 2 is 0.778 bits per heavy atom. The first kappa shape index (κ1) is 30.6. The van der Waals surface area contributed by atoms with Crippen LogP contribution in [0.15, 0.2) is 128 Å². The highest BCUT2D eigenvalue weighted by molar-refractivity contribution is 6.08. The Kier molecular flexibility index (Phi) is 7.29. The lowest BCUT2D eigenvalue weighted by atomic mass is 10.0.